The summed E-state index contributed by atoms with van der Waals surface area (Å²) in [7, 11) is 1.57. The van der Waals surface area contributed by atoms with Crippen molar-refractivity contribution < 1.29 is 14.3 Å². The summed E-state index contributed by atoms with van der Waals surface area (Å²) in [5.74, 6) is -0.515. The van der Waals surface area contributed by atoms with Crippen LogP contribution in [0.3, 0.4) is 0 Å². The van der Waals surface area contributed by atoms with Crippen molar-refractivity contribution in [3.63, 3.8) is 0 Å². The smallest absolute Gasteiger partial charge is 0.247 e. The van der Waals surface area contributed by atoms with Gasteiger partial charge in [0.1, 0.15) is 18.1 Å². The van der Waals surface area contributed by atoms with E-state index in [1.807, 2.05) is 54.6 Å². The van der Waals surface area contributed by atoms with Crippen LogP contribution in [0.4, 0.5) is 0 Å². The van der Waals surface area contributed by atoms with E-state index >= 15 is 0 Å². The minimum absolute atomic E-state index is 0.0394. The summed E-state index contributed by atoms with van der Waals surface area (Å²) in [5, 5.41) is 11.2. The molecular formula is C26H28N6O3. The van der Waals surface area contributed by atoms with Gasteiger partial charge in [-0.3, -0.25) is 14.6 Å². The number of nitrogens with zero attached hydrogens (tertiary/aromatic N) is 5. The zero-order valence-electron chi connectivity index (χ0n) is 19.6. The Kier molecular flexibility index (Phi) is 8.13. The summed E-state index contributed by atoms with van der Waals surface area (Å²) in [4.78, 5) is 32.8. The number of benzene rings is 2. The first-order valence-electron chi connectivity index (χ1n) is 11.5. The summed E-state index contributed by atoms with van der Waals surface area (Å²) < 4.78 is 6.65. The van der Waals surface area contributed by atoms with Crippen LogP contribution in [0.25, 0.3) is 11.0 Å². The van der Waals surface area contributed by atoms with Crippen LogP contribution in [0.1, 0.15) is 17.2 Å². The SMILES string of the molecule is COCCNC(=O)[C@@H](c1ccncc1)N(CCc1ccccc1)C(=O)Cn1nnc2ccccc21. The number of methoxy groups -OCH3 is 1. The predicted molar refractivity (Wildman–Crippen MR) is 131 cm³/mol. The van der Waals surface area contributed by atoms with E-state index in [9.17, 15) is 9.59 Å². The first-order chi connectivity index (χ1) is 17.2. The molecule has 0 radical (unpaired) electrons. The molecule has 4 aromatic rings. The Morgan fingerprint density at radius 1 is 1.03 bits per heavy atom. The van der Waals surface area contributed by atoms with E-state index in [1.54, 1.807) is 41.2 Å². The number of hydrogen-bond donors (Lipinski definition) is 1. The minimum Gasteiger partial charge on any atom is -0.383 e. The molecule has 0 bridgehead atoms. The van der Waals surface area contributed by atoms with E-state index in [4.69, 9.17) is 4.74 Å². The van der Waals surface area contributed by atoms with Gasteiger partial charge in [-0.25, -0.2) is 4.68 Å². The number of carbonyl (C=O) groups is 2. The standard InChI is InChI=1S/C26H28N6O3/c1-35-18-16-28-26(34)25(21-11-14-27-15-12-21)31(17-13-20-7-3-2-4-8-20)24(33)19-32-23-10-6-5-9-22(23)29-30-32/h2-12,14-15,25H,13,16-19H2,1H3,(H,28,34)/t25-/m1/s1. The lowest BCUT2D eigenvalue weighted by atomic mass is 10.0. The van der Waals surface area contributed by atoms with E-state index < -0.39 is 6.04 Å². The second-order valence-electron chi connectivity index (χ2n) is 8.03. The van der Waals surface area contributed by atoms with E-state index in [0.717, 1.165) is 11.1 Å². The molecular weight excluding hydrogens is 444 g/mol. The Balaban J connectivity index is 1.65. The predicted octanol–water partition coefficient (Wildman–Crippen LogP) is 2.40. The first-order valence-corrected chi connectivity index (χ1v) is 11.5. The number of pyridine rings is 1. The van der Waals surface area contributed by atoms with Crippen LogP contribution < -0.4 is 5.32 Å². The van der Waals surface area contributed by atoms with Gasteiger partial charge in [0.2, 0.25) is 11.8 Å². The van der Waals surface area contributed by atoms with Crippen molar-refractivity contribution in [1.29, 1.82) is 0 Å². The van der Waals surface area contributed by atoms with Gasteiger partial charge in [0.05, 0.1) is 12.1 Å². The molecule has 1 atom stereocenters. The number of fused-ring (bicyclic) bond motifs is 1. The monoisotopic (exact) mass is 472 g/mol. The molecule has 0 fully saturated rings. The van der Waals surface area contributed by atoms with Crippen molar-refractivity contribution >= 4 is 22.8 Å². The van der Waals surface area contributed by atoms with E-state index in [-0.39, 0.29) is 18.4 Å². The van der Waals surface area contributed by atoms with Gasteiger partial charge in [-0.2, -0.15) is 0 Å². The molecule has 0 unspecified atom stereocenters. The second-order valence-corrected chi connectivity index (χ2v) is 8.03. The second kappa shape index (κ2) is 11.8. The first kappa shape index (κ1) is 24.0. The molecule has 180 valence electrons. The average Bonchev–Trinajstić information content (AvgIpc) is 3.30. The van der Waals surface area contributed by atoms with Crippen molar-refractivity contribution in [2.75, 3.05) is 26.8 Å². The lowest BCUT2D eigenvalue weighted by Crippen LogP contribution is -2.46. The van der Waals surface area contributed by atoms with Crippen LogP contribution in [0.5, 0.6) is 0 Å². The van der Waals surface area contributed by atoms with Crippen LogP contribution in [0.15, 0.2) is 79.1 Å². The number of nitrogens with one attached hydrogen (secondary N) is 1. The van der Waals surface area contributed by atoms with Crippen molar-refractivity contribution in [2.45, 2.75) is 19.0 Å². The van der Waals surface area contributed by atoms with Gasteiger partial charge in [-0.1, -0.05) is 47.7 Å². The fourth-order valence-corrected chi connectivity index (χ4v) is 3.94. The Bertz CT molecular complexity index is 1250. The molecule has 35 heavy (non-hydrogen) atoms. The molecule has 2 amide bonds. The maximum absolute atomic E-state index is 13.7. The van der Waals surface area contributed by atoms with E-state index in [1.165, 1.54) is 0 Å². The van der Waals surface area contributed by atoms with E-state index in [0.29, 0.717) is 37.2 Å². The van der Waals surface area contributed by atoms with Gasteiger partial charge in [0.25, 0.3) is 0 Å². The highest BCUT2D eigenvalue weighted by Crippen LogP contribution is 2.23. The summed E-state index contributed by atoms with van der Waals surface area (Å²) >= 11 is 0. The van der Waals surface area contributed by atoms with Crippen LogP contribution >= 0.6 is 0 Å². The Morgan fingerprint density at radius 2 is 1.77 bits per heavy atom. The number of aromatic nitrogens is 4. The quantitative estimate of drug-likeness (QED) is 0.336. The fourth-order valence-electron chi connectivity index (χ4n) is 3.94. The number of para-hydroxylation sites is 1. The van der Waals surface area contributed by atoms with Crippen LogP contribution in [-0.4, -0.2) is 63.5 Å². The Labute approximate surface area is 203 Å². The van der Waals surface area contributed by atoms with Crippen LogP contribution in [-0.2, 0) is 27.3 Å². The molecule has 0 aliphatic carbocycles. The topological polar surface area (TPSA) is 102 Å². The highest BCUT2D eigenvalue weighted by atomic mass is 16.5. The zero-order valence-corrected chi connectivity index (χ0v) is 19.6. The number of amides is 2. The van der Waals surface area contributed by atoms with Crippen molar-refractivity contribution in [1.82, 2.24) is 30.2 Å². The normalized spacial score (nSPS) is 11.8. The van der Waals surface area contributed by atoms with Crippen molar-refractivity contribution in [2.24, 2.45) is 0 Å². The van der Waals surface area contributed by atoms with Gasteiger partial charge >= 0.3 is 0 Å². The summed E-state index contributed by atoms with van der Waals surface area (Å²) in [6.07, 6.45) is 3.84. The molecule has 0 aliphatic rings. The molecule has 9 heteroatoms. The molecule has 0 saturated heterocycles. The lowest BCUT2D eigenvalue weighted by molar-refractivity contribution is -0.141. The van der Waals surface area contributed by atoms with Crippen molar-refractivity contribution in [3.05, 3.63) is 90.3 Å². The number of rotatable bonds is 11. The highest BCUT2D eigenvalue weighted by Gasteiger charge is 2.31. The van der Waals surface area contributed by atoms with Gasteiger partial charge in [0, 0.05) is 32.6 Å². The largest absolute Gasteiger partial charge is 0.383 e. The third-order valence-electron chi connectivity index (χ3n) is 5.70. The molecule has 4 rings (SSSR count). The van der Waals surface area contributed by atoms with Gasteiger partial charge in [-0.05, 0) is 41.8 Å². The zero-order chi connectivity index (χ0) is 24.5. The molecule has 0 saturated carbocycles. The third kappa shape index (κ3) is 6.07. The minimum atomic E-state index is -0.833. The molecule has 9 nitrogen and oxygen atoms in total. The van der Waals surface area contributed by atoms with Crippen LogP contribution in [0, 0.1) is 0 Å². The van der Waals surface area contributed by atoms with Crippen molar-refractivity contribution in [3.8, 4) is 0 Å². The van der Waals surface area contributed by atoms with Gasteiger partial charge in [-0.15, -0.1) is 5.10 Å². The number of carbonyl (C=O) groups excluding carboxylic acids is 2. The maximum atomic E-state index is 13.7. The lowest BCUT2D eigenvalue weighted by Gasteiger charge is -2.31. The Hall–Kier alpha value is -4.11. The molecule has 1 N–H and O–H groups in total. The summed E-state index contributed by atoms with van der Waals surface area (Å²) in [5.41, 5.74) is 3.22. The summed E-state index contributed by atoms with van der Waals surface area (Å²) in [6, 6.07) is 20.0. The fraction of sp³-hybridized carbons (Fsp3) is 0.269. The highest BCUT2D eigenvalue weighted by molar-refractivity contribution is 5.89. The van der Waals surface area contributed by atoms with Crippen LogP contribution in [0.2, 0.25) is 0 Å². The molecule has 2 aromatic heterocycles. The third-order valence-corrected chi connectivity index (χ3v) is 5.70. The van der Waals surface area contributed by atoms with E-state index in [2.05, 4.69) is 20.6 Å². The molecule has 0 spiro atoms. The average molecular weight is 473 g/mol. The van der Waals surface area contributed by atoms with Gasteiger partial charge in [0.15, 0.2) is 0 Å². The Morgan fingerprint density at radius 3 is 2.54 bits per heavy atom. The maximum Gasteiger partial charge on any atom is 0.247 e. The van der Waals surface area contributed by atoms with Gasteiger partial charge < -0.3 is 15.0 Å². The molecule has 2 heterocycles. The molecule has 0 aliphatic heterocycles. The molecule has 2 aromatic carbocycles. The summed E-state index contributed by atoms with van der Waals surface area (Å²) in [6.45, 7) is 1.02. The number of ether oxygens (including phenoxy) is 1. The number of hydrogen-bond acceptors (Lipinski definition) is 6.